The highest BCUT2D eigenvalue weighted by molar-refractivity contribution is 5.97. The van der Waals surface area contributed by atoms with E-state index in [0.717, 1.165) is 18.2 Å². The van der Waals surface area contributed by atoms with Crippen molar-refractivity contribution in [3.05, 3.63) is 35.4 Å². The minimum atomic E-state index is -0.951. The monoisotopic (exact) mass is 227 g/mol. The highest BCUT2D eigenvalue weighted by Crippen LogP contribution is 2.11. The fraction of sp³-hybridized carbons (Fsp3) is 0.273. The maximum atomic E-state index is 13.2. The fourth-order valence-corrected chi connectivity index (χ4v) is 1.09. The average Bonchev–Trinajstić information content (AvgIpc) is 2.16. The van der Waals surface area contributed by atoms with Gasteiger partial charge in [-0.25, -0.2) is 8.78 Å². The summed E-state index contributed by atoms with van der Waals surface area (Å²) in [6.45, 7) is 2.72. The number of carbonyl (C=O) groups is 2. The molecule has 0 aliphatic heterocycles. The van der Waals surface area contributed by atoms with Crippen LogP contribution >= 0.6 is 0 Å². The van der Waals surface area contributed by atoms with Crippen LogP contribution in [0.3, 0.4) is 0 Å². The first-order valence-electron chi connectivity index (χ1n) is 4.68. The molecule has 1 aromatic carbocycles. The molecule has 0 aliphatic rings. The van der Waals surface area contributed by atoms with Gasteiger partial charge in [-0.05, 0) is 26.0 Å². The molecule has 0 heterocycles. The summed E-state index contributed by atoms with van der Waals surface area (Å²) in [4.78, 5) is 22.3. The fourth-order valence-electron chi connectivity index (χ4n) is 1.09. The summed E-state index contributed by atoms with van der Waals surface area (Å²) in [6, 6.07) is 2.36. The van der Waals surface area contributed by atoms with E-state index in [9.17, 15) is 18.4 Å². The van der Waals surface area contributed by atoms with Gasteiger partial charge in [0.2, 0.25) is 0 Å². The summed E-state index contributed by atoms with van der Waals surface area (Å²) in [5.41, 5.74) is -0.671. The molecule has 1 atom stereocenters. The number of hydrogen-bond donors (Lipinski definition) is 1. The van der Waals surface area contributed by atoms with E-state index in [4.69, 9.17) is 0 Å². The van der Waals surface area contributed by atoms with Crippen molar-refractivity contribution < 1.29 is 18.4 Å². The predicted octanol–water partition coefficient (Wildman–Crippen LogP) is 1.67. The molecule has 5 heteroatoms. The van der Waals surface area contributed by atoms with Crippen molar-refractivity contribution in [1.29, 1.82) is 0 Å². The smallest absolute Gasteiger partial charge is 0.257 e. The second-order valence-corrected chi connectivity index (χ2v) is 3.40. The van der Waals surface area contributed by atoms with Gasteiger partial charge in [0.25, 0.3) is 5.91 Å². The molecule has 1 unspecified atom stereocenters. The Labute approximate surface area is 91.5 Å². The van der Waals surface area contributed by atoms with Gasteiger partial charge in [-0.2, -0.15) is 0 Å². The van der Waals surface area contributed by atoms with Gasteiger partial charge in [-0.3, -0.25) is 9.59 Å². The van der Waals surface area contributed by atoms with Crippen LogP contribution in [0.25, 0.3) is 0 Å². The SMILES string of the molecule is CC(=O)C(C)NC(=O)c1c(F)cccc1F. The molecule has 0 fully saturated rings. The predicted molar refractivity (Wildman–Crippen MR) is 54.0 cm³/mol. The van der Waals surface area contributed by atoms with Crippen LogP contribution < -0.4 is 5.32 Å². The molecule has 0 saturated heterocycles. The Bertz CT molecular complexity index is 412. The van der Waals surface area contributed by atoms with E-state index in [0.29, 0.717) is 0 Å². The van der Waals surface area contributed by atoms with Crippen molar-refractivity contribution in [3.63, 3.8) is 0 Å². The summed E-state index contributed by atoms with van der Waals surface area (Å²) >= 11 is 0. The molecular formula is C11H11F2NO2. The van der Waals surface area contributed by atoms with Crippen molar-refractivity contribution >= 4 is 11.7 Å². The van der Waals surface area contributed by atoms with Gasteiger partial charge in [-0.15, -0.1) is 0 Å². The molecule has 1 N–H and O–H groups in total. The Balaban J connectivity index is 2.93. The maximum absolute atomic E-state index is 13.2. The van der Waals surface area contributed by atoms with E-state index in [1.54, 1.807) is 0 Å². The number of halogens is 2. The number of nitrogens with one attached hydrogen (secondary N) is 1. The normalized spacial score (nSPS) is 12.0. The molecule has 86 valence electrons. The van der Waals surface area contributed by atoms with Gasteiger partial charge in [0.1, 0.15) is 17.2 Å². The molecule has 1 amide bonds. The molecule has 0 radical (unpaired) electrons. The van der Waals surface area contributed by atoms with Gasteiger partial charge in [0, 0.05) is 0 Å². The molecule has 3 nitrogen and oxygen atoms in total. The third kappa shape index (κ3) is 2.62. The van der Waals surface area contributed by atoms with E-state index in [-0.39, 0.29) is 5.78 Å². The van der Waals surface area contributed by atoms with Crippen LogP contribution in [0.1, 0.15) is 24.2 Å². The number of amides is 1. The van der Waals surface area contributed by atoms with Crippen molar-refractivity contribution in [2.75, 3.05) is 0 Å². The molecular weight excluding hydrogens is 216 g/mol. The number of carbonyl (C=O) groups excluding carboxylic acids is 2. The maximum Gasteiger partial charge on any atom is 0.257 e. The Morgan fingerprint density at radius 3 is 2.19 bits per heavy atom. The summed E-state index contributed by atoms with van der Waals surface area (Å²) < 4.78 is 26.3. The van der Waals surface area contributed by atoms with Gasteiger partial charge >= 0.3 is 0 Å². The van der Waals surface area contributed by atoms with E-state index in [1.165, 1.54) is 13.8 Å². The number of Topliss-reactive ketones (excluding diaryl/α,β-unsaturated/α-hetero) is 1. The summed E-state index contributed by atoms with van der Waals surface area (Å²) in [7, 11) is 0. The number of ketones is 1. The Morgan fingerprint density at radius 1 is 1.25 bits per heavy atom. The third-order valence-corrected chi connectivity index (χ3v) is 2.15. The summed E-state index contributed by atoms with van der Waals surface area (Å²) in [6.07, 6.45) is 0. The van der Waals surface area contributed by atoms with Crippen LogP contribution in [0.15, 0.2) is 18.2 Å². The zero-order valence-corrected chi connectivity index (χ0v) is 8.88. The standard InChI is InChI=1S/C11H11F2NO2/c1-6(7(2)15)14-11(16)10-8(12)4-3-5-9(10)13/h3-6H,1-2H3,(H,14,16). The molecule has 0 spiro atoms. The minimum Gasteiger partial charge on any atom is -0.342 e. The average molecular weight is 227 g/mol. The number of rotatable bonds is 3. The Hall–Kier alpha value is -1.78. The first-order chi connectivity index (χ1) is 7.43. The van der Waals surface area contributed by atoms with Crippen LogP contribution in [0.4, 0.5) is 8.78 Å². The van der Waals surface area contributed by atoms with Crippen LogP contribution in [0.2, 0.25) is 0 Å². The second kappa shape index (κ2) is 4.83. The van der Waals surface area contributed by atoms with E-state index in [2.05, 4.69) is 5.32 Å². The number of hydrogen-bond acceptors (Lipinski definition) is 2. The van der Waals surface area contributed by atoms with E-state index >= 15 is 0 Å². The lowest BCUT2D eigenvalue weighted by molar-refractivity contribution is -0.118. The van der Waals surface area contributed by atoms with Gasteiger partial charge < -0.3 is 5.32 Å². The highest BCUT2D eigenvalue weighted by atomic mass is 19.1. The zero-order valence-electron chi connectivity index (χ0n) is 8.88. The van der Waals surface area contributed by atoms with Crippen LogP contribution in [-0.2, 0) is 4.79 Å². The van der Waals surface area contributed by atoms with Gasteiger partial charge in [-0.1, -0.05) is 6.07 Å². The van der Waals surface area contributed by atoms with Crippen molar-refractivity contribution in [2.45, 2.75) is 19.9 Å². The molecule has 0 aliphatic carbocycles. The largest absolute Gasteiger partial charge is 0.342 e. The minimum absolute atomic E-state index is 0.287. The molecule has 1 rings (SSSR count). The quantitative estimate of drug-likeness (QED) is 0.853. The summed E-state index contributed by atoms with van der Waals surface area (Å²) in [5.74, 6) is -3.12. The lowest BCUT2D eigenvalue weighted by Gasteiger charge is -2.11. The first kappa shape index (κ1) is 12.3. The molecule has 16 heavy (non-hydrogen) atoms. The highest BCUT2D eigenvalue weighted by Gasteiger charge is 2.19. The Morgan fingerprint density at radius 2 is 1.75 bits per heavy atom. The van der Waals surface area contributed by atoms with Crippen LogP contribution in [0.5, 0.6) is 0 Å². The zero-order chi connectivity index (χ0) is 12.3. The van der Waals surface area contributed by atoms with E-state index < -0.39 is 29.1 Å². The first-order valence-corrected chi connectivity index (χ1v) is 4.68. The van der Waals surface area contributed by atoms with Crippen LogP contribution in [0, 0.1) is 11.6 Å². The number of benzene rings is 1. The molecule has 1 aromatic rings. The molecule has 0 aromatic heterocycles. The van der Waals surface area contributed by atoms with Crippen molar-refractivity contribution in [1.82, 2.24) is 5.32 Å². The Kier molecular flexibility index (Phi) is 3.71. The van der Waals surface area contributed by atoms with E-state index in [1.807, 2.05) is 0 Å². The molecule has 0 saturated carbocycles. The third-order valence-electron chi connectivity index (χ3n) is 2.15. The van der Waals surface area contributed by atoms with Crippen molar-refractivity contribution in [2.24, 2.45) is 0 Å². The van der Waals surface area contributed by atoms with Crippen molar-refractivity contribution in [3.8, 4) is 0 Å². The van der Waals surface area contributed by atoms with Crippen LogP contribution in [-0.4, -0.2) is 17.7 Å². The summed E-state index contributed by atoms with van der Waals surface area (Å²) in [5, 5.41) is 2.21. The lowest BCUT2D eigenvalue weighted by atomic mass is 10.1. The van der Waals surface area contributed by atoms with Gasteiger partial charge in [0.15, 0.2) is 5.78 Å². The van der Waals surface area contributed by atoms with Gasteiger partial charge in [0.05, 0.1) is 6.04 Å². The molecule has 0 bridgehead atoms. The lowest BCUT2D eigenvalue weighted by Crippen LogP contribution is -2.38. The topological polar surface area (TPSA) is 46.2 Å². The second-order valence-electron chi connectivity index (χ2n) is 3.40.